The van der Waals surface area contributed by atoms with Crippen LogP contribution in [0.25, 0.3) is 11.0 Å². The summed E-state index contributed by atoms with van der Waals surface area (Å²) >= 11 is 0. The number of fused-ring (bicyclic) bond motifs is 1. The number of hydrogen-bond acceptors (Lipinski definition) is 5. The Morgan fingerprint density at radius 3 is 2.72 bits per heavy atom. The summed E-state index contributed by atoms with van der Waals surface area (Å²) in [4.78, 5) is 43.5. The van der Waals surface area contributed by atoms with Gasteiger partial charge in [0.25, 0.3) is 11.5 Å². The summed E-state index contributed by atoms with van der Waals surface area (Å²) < 4.78 is 2.55. The van der Waals surface area contributed by atoms with Crippen LogP contribution in [0, 0.1) is 5.92 Å². The zero-order valence-corrected chi connectivity index (χ0v) is 14.7. The highest BCUT2D eigenvalue weighted by atomic mass is 16.2. The van der Waals surface area contributed by atoms with Crippen molar-refractivity contribution in [1.29, 1.82) is 0 Å². The van der Waals surface area contributed by atoms with E-state index in [0.717, 1.165) is 11.0 Å². The van der Waals surface area contributed by atoms with Gasteiger partial charge in [-0.1, -0.05) is 13.8 Å². The fourth-order valence-electron chi connectivity index (χ4n) is 3.17. The van der Waals surface area contributed by atoms with E-state index < -0.39 is 11.2 Å². The average Bonchev–Trinajstić information content (AvgIpc) is 3.02. The lowest BCUT2D eigenvalue weighted by Crippen LogP contribution is -2.39. The molecule has 0 aliphatic carbocycles. The molecule has 2 N–H and O–H groups in total. The number of carbonyl (C=O) groups excluding carboxylic acids is 1. The van der Waals surface area contributed by atoms with Gasteiger partial charge in [0, 0.05) is 38.9 Å². The van der Waals surface area contributed by atoms with Gasteiger partial charge in [0.2, 0.25) is 0 Å². The maximum absolute atomic E-state index is 12.6. The molecule has 25 heavy (non-hydrogen) atoms. The molecule has 3 heterocycles. The van der Waals surface area contributed by atoms with Gasteiger partial charge in [-0.2, -0.15) is 0 Å². The summed E-state index contributed by atoms with van der Waals surface area (Å²) in [5, 5.41) is 0.275. The number of likely N-dealkylation sites (tertiary alicyclic amines) is 1. The number of nitrogens with zero attached hydrogens (tertiary/aromatic N) is 4. The van der Waals surface area contributed by atoms with Crippen LogP contribution in [-0.2, 0) is 13.6 Å². The topological polar surface area (TPSA) is 103 Å². The number of carbonyl (C=O) groups is 1. The zero-order valence-electron chi connectivity index (χ0n) is 14.7. The predicted octanol–water partition coefficient (Wildman–Crippen LogP) is -0.0756. The fraction of sp³-hybridized carbons (Fsp3) is 0.529. The number of rotatable bonds is 3. The van der Waals surface area contributed by atoms with Gasteiger partial charge in [-0.15, -0.1) is 0 Å². The molecular formula is C17H23N5O3. The Bertz CT molecular complexity index is 944. The Morgan fingerprint density at radius 2 is 2.12 bits per heavy atom. The van der Waals surface area contributed by atoms with Crippen molar-refractivity contribution >= 4 is 16.9 Å². The Balaban J connectivity index is 2.13. The molecule has 0 aromatic carbocycles. The largest absolute Gasteiger partial charge is 0.337 e. The third-order valence-electron chi connectivity index (χ3n) is 4.48. The van der Waals surface area contributed by atoms with Crippen molar-refractivity contribution < 1.29 is 4.79 Å². The molecule has 8 heteroatoms. The summed E-state index contributed by atoms with van der Waals surface area (Å²) in [6, 6.07) is 1.52. The minimum atomic E-state index is -0.444. The molecule has 1 unspecified atom stereocenters. The smallest absolute Gasteiger partial charge is 0.332 e. The van der Waals surface area contributed by atoms with Gasteiger partial charge in [0.1, 0.15) is 5.65 Å². The minimum absolute atomic E-state index is 0.0125. The summed E-state index contributed by atoms with van der Waals surface area (Å²) in [6.07, 6.45) is 2.20. The first-order chi connectivity index (χ1) is 11.8. The van der Waals surface area contributed by atoms with Crippen LogP contribution in [0.3, 0.4) is 0 Å². The number of nitrogens with two attached hydrogens (primary N) is 1. The molecule has 2 aromatic heterocycles. The van der Waals surface area contributed by atoms with Gasteiger partial charge in [0.15, 0.2) is 0 Å². The van der Waals surface area contributed by atoms with Crippen LogP contribution in [0.2, 0.25) is 0 Å². The maximum Gasteiger partial charge on any atom is 0.332 e. The van der Waals surface area contributed by atoms with Gasteiger partial charge in [0.05, 0.1) is 10.9 Å². The van der Waals surface area contributed by atoms with E-state index in [1.165, 1.54) is 23.9 Å². The Kier molecular flexibility index (Phi) is 4.47. The van der Waals surface area contributed by atoms with Crippen molar-refractivity contribution in [3.63, 3.8) is 0 Å². The molecule has 0 spiro atoms. The van der Waals surface area contributed by atoms with Crippen molar-refractivity contribution in [3.8, 4) is 0 Å². The van der Waals surface area contributed by atoms with E-state index in [2.05, 4.69) is 4.98 Å². The van der Waals surface area contributed by atoms with Crippen molar-refractivity contribution in [2.45, 2.75) is 32.9 Å². The van der Waals surface area contributed by atoms with Gasteiger partial charge in [-0.3, -0.25) is 18.7 Å². The Labute approximate surface area is 144 Å². The third kappa shape index (κ3) is 3.09. The maximum atomic E-state index is 12.6. The van der Waals surface area contributed by atoms with Gasteiger partial charge < -0.3 is 10.6 Å². The van der Waals surface area contributed by atoms with Gasteiger partial charge in [-0.05, 0) is 18.4 Å². The molecule has 1 aliphatic rings. The van der Waals surface area contributed by atoms with E-state index in [1.54, 1.807) is 4.90 Å². The fourth-order valence-corrected chi connectivity index (χ4v) is 3.17. The molecule has 134 valence electrons. The van der Waals surface area contributed by atoms with Crippen molar-refractivity contribution in [1.82, 2.24) is 19.0 Å². The van der Waals surface area contributed by atoms with Crippen LogP contribution in [0.1, 0.15) is 30.6 Å². The second kappa shape index (κ2) is 6.44. The highest BCUT2D eigenvalue weighted by Crippen LogP contribution is 2.15. The van der Waals surface area contributed by atoms with E-state index in [9.17, 15) is 14.4 Å². The van der Waals surface area contributed by atoms with Crippen LogP contribution in [0.5, 0.6) is 0 Å². The molecule has 0 bridgehead atoms. The lowest BCUT2D eigenvalue weighted by atomic mass is 10.2. The van der Waals surface area contributed by atoms with E-state index >= 15 is 0 Å². The summed E-state index contributed by atoms with van der Waals surface area (Å²) in [5.74, 6) is 0.0265. The van der Waals surface area contributed by atoms with E-state index in [1.807, 2.05) is 13.8 Å². The number of hydrogen-bond donors (Lipinski definition) is 1. The van der Waals surface area contributed by atoms with Crippen LogP contribution in [0.4, 0.5) is 0 Å². The Morgan fingerprint density at radius 1 is 1.40 bits per heavy atom. The first kappa shape index (κ1) is 17.3. The molecule has 1 atom stereocenters. The van der Waals surface area contributed by atoms with Crippen LogP contribution < -0.4 is 17.0 Å². The van der Waals surface area contributed by atoms with Crippen LogP contribution in [-0.4, -0.2) is 44.1 Å². The summed E-state index contributed by atoms with van der Waals surface area (Å²) in [7, 11) is 1.44. The molecule has 1 aliphatic heterocycles. The normalized spacial score (nSPS) is 17.6. The van der Waals surface area contributed by atoms with E-state index in [-0.39, 0.29) is 23.3 Å². The van der Waals surface area contributed by atoms with Crippen molar-refractivity contribution in [3.05, 3.63) is 38.7 Å². The molecule has 0 radical (unpaired) electrons. The third-order valence-corrected chi connectivity index (χ3v) is 4.48. The van der Waals surface area contributed by atoms with E-state index in [0.29, 0.717) is 30.8 Å². The molecule has 0 saturated carbocycles. The SMILES string of the molecule is CC(C)Cn1c(=O)n(C)c(=O)c2cc(C(=O)N3CCC(N)C3)cnc21. The lowest BCUT2D eigenvalue weighted by Gasteiger charge is -2.17. The molecule has 1 amide bonds. The first-order valence-corrected chi connectivity index (χ1v) is 8.44. The highest BCUT2D eigenvalue weighted by molar-refractivity contribution is 5.96. The van der Waals surface area contributed by atoms with Crippen molar-refractivity contribution in [2.75, 3.05) is 13.1 Å². The summed E-state index contributed by atoms with van der Waals surface area (Å²) in [6.45, 7) is 5.52. The molecule has 1 fully saturated rings. The van der Waals surface area contributed by atoms with E-state index in [4.69, 9.17) is 5.73 Å². The standard InChI is InChI=1S/C17H23N5O3/c1-10(2)8-22-14-13(16(24)20(3)17(22)25)6-11(7-19-14)15(23)21-5-4-12(18)9-21/h6-7,10,12H,4-5,8-9,18H2,1-3H3. The molecule has 2 aromatic rings. The molecular weight excluding hydrogens is 322 g/mol. The average molecular weight is 345 g/mol. The quantitative estimate of drug-likeness (QED) is 0.838. The second-order valence-electron chi connectivity index (χ2n) is 7.05. The molecule has 1 saturated heterocycles. The minimum Gasteiger partial charge on any atom is -0.337 e. The Hall–Kier alpha value is -2.48. The lowest BCUT2D eigenvalue weighted by molar-refractivity contribution is 0.0790. The van der Waals surface area contributed by atoms with Gasteiger partial charge in [-0.25, -0.2) is 9.78 Å². The summed E-state index contributed by atoms with van der Waals surface area (Å²) in [5.41, 5.74) is 5.67. The number of amides is 1. The predicted molar refractivity (Wildman–Crippen MR) is 94.6 cm³/mol. The first-order valence-electron chi connectivity index (χ1n) is 8.44. The van der Waals surface area contributed by atoms with Crippen molar-refractivity contribution in [2.24, 2.45) is 18.7 Å². The molecule has 8 nitrogen and oxygen atoms in total. The zero-order chi connectivity index (χ0) is 18.3. The monoisotopic (exact) mass is 345 g/mol. The molecule has 3 rings (SSSR count). The second-order valence-corrected chi connectivity index (χ2v) is 7.05. The number of aromatic nitrogens is 3. The van der Waals surface area contributed by atoms with Crippen LogP contribution >= 0.6 is 0 Å². The van der Waals surface area contributed by atoms with Crippen LogP contribution in [0.15, 0.2) is 21.9 Å². The van der Waals surface area contributed by atoms with Gasteiger partial charge >= 0.3 is 5.69 Å². The highest BCUT2D eigenvalue weighted by Gasteiger charge is 2.25. The number of pyridine rings is 1.